The van der Waals surface area contributed by atoms with Crippen molar-refractivity contribution in [2.45, 2.75) is 33.2 Å². The number of rotatable bonds is 5. The summed E-state index contributed by atoms with van der Waals surface area (Å²) in [5.41, 5.74) is 2.27. The number of hydrogen-bond acceptors (Lipinski definition) is 1. The lowest BCUT2D eigenvalue weighted by Gasteiger charge is -2.16. The monoisotopic (exact) mass is 323 g/mol. The van der Waals surface area contributed by atoms with E-state index in [2.05, 4.69) is 39.2 Å². The van der Waals surface area contributed by atoms with E-state index in [1.54, 1.807) is 0 Å². The molecule has 2 aromatic rings. The molecule has 0 aliphatic heterocycles. The lowest BCUT2D eigenvalue weighted by atomic mass is 10.0. The lowest BCUT2D eigenvalue weighted by Crippen LogP contribution is -2.27. The molecule has 130 valence electrons. The first-order valence-corrected chi connectivity index (χ1v) is 8.61. The number of hydrogen-bond donors (Lipinski definition) is 1. The van der Waals surface area contributed by atoms with E-state index in [-0.39, 0.29) is 0 Å². The van der Waals surface area contributed by atoms with Crippen LogP contribution >= 0.6 is 0 Å². The molecule has 1 heteroatoms. The van der Waals surface area contributed by atoms with E-state index in [9.17, 15) is 0 Å². The molecule has 0 aromatic heterocycles. The normalized spacial score (nSPS) is 11.7. The molecule has 1 nitrogen and oxygen atoms in total. The lowest BCUT2D eigenvalue weighted by molar-refractivity contribution is 0.415. The number of benzene rings is 2. The quantitative estimate of drug-likeness (QED) is 0.681. The summed E-state index contributed by atoms with van der Waals surface area (Å²) >= 11 is 0. The van der Waals surface area contributed by atoms with Gasteiger partial charge in [-0.15, -0.1) is 0 Å². The third kappa shape index (κ3) is 9.81. The second kappa shape index (κ2) is 14.5. The molecule has 0 saturated heterocycles. The molecule has 0 fully saturated rings. The SMILES string of the molecule is C=Cc1ccccc1C=C.CCC(C)C(C)NC.c1ccccc1. The Morgan fingerprint density at radius 1 is 0.833 bits per heavy atom. The summed E-state index contributed by atoms with van der Waals surface area (Å²) in [4.78, 5) is 0. The third-order valence-corrected chi connectivity index (χ3v) is 4.06. The van der Waals surface area contributed by atoms with Crippen molar-refractivity contribution < 1.29 is 0 Å². The van der Waals surface area contributed by atoms with Gasteiger partial charge in [0.05, 0.1) is 0 Å². The highest BCUT2D eigenvalue weighted by Crippen LogP contribution is 2.10. The highest BCUT2D eigenvalue weighted by molar-refractivity contribution is 5.63. The van der Waals surface area contributed by atoms with E-state index in [0.717, 1.165) is 17.0 Å². The summed E-state index contributed by atoms with van der Waals surface area (Å²) < 4.78 is 0. The van der Waals surface area contributed by atoms with Gasteiger partial charge in [0.1, 0.15) is 0 Å². The molecular weight excluding hydrogens is 290 g/mol. The predicted molar refractivity (Wildman–Crippen MR) is 111 cm³/mol. The molecule has 24 heavy (non-hydrogen) atoms. The summed E-state index contributed by atoms with van der Waals surface area (Å²) in [5, 5.41) is 3.22. The Hall–Kier alpha value is -2.12. The second-order valence-corrected chi connectivity index (χ2v) is 5.65. The summed E-state index contributed by atoms with van der Waals surface area (Å²) in [5.74, 6) is 0.806. The van der Waals surface area contributed by atoms with Gasteiger partial charge in [-0.2, -0.15) is 0 Å². The van der Waals surface area contributed by atoms with Gasteiger partial charge in [-0.3, -0.25) is 0 Å². The van der Waals surface area contributed by atoms with Crippen LogP contribution in [0.1, 0.15) is 38.3 Å². The maximum atomic E-state index is 3.69. The molecule has 0 aliphatic carbocycles. The Kier molecular flexibility index (Phi) is 13.2. The summed E-state index contributed by atoms with van der Waals surface area (Å²) in [7, 11) is 2.01. The van der Waals surface area contributed by atoms with Gasteiger partial charge in [0.15, 0.2) is 0 Å². The van der Waals surface area contributed by atoms with Crippen molar-refractivity contribution in [3.05, 3.63) is 84.9 Å². The fourth-order valence-corrected chi connectivity index (χ4v) is 1.91. The standard InChI is InChI=1S/C10H10.C7H17N.C6H6/c1-3-9-7-5-6-8-10(9)4-2;1-5-6(2)7(3)8-4;1-2-4-6-5-3-1/h3-8H,1-2H2;6-8H,5H2,1-4H3;1-6H. The van der Waals surface area contributed by atoms with Crippen LogP contribution in [0.3, 0.4) is 0 Å². The van der Waals surface area contributed by atoms with Crippen LogP contribution in [0.25, 0.3) is 12.2 Å². The highest BCUT2D eigenvalue weighted by Gasteiger charge is 2.05. The van der Waals surface area contributed by atoms with E-state index >= 15 is 0 Å². The molecule has 2 atom stereocenters. The van der Waals surface area contributed by atoms with E-state index in [4.69, 9.17) is 0 Å². The van der Waals surface area contributed by atoms with Crippen LogP contribution in [0.2, 0.25) is 0 Å². The zero-order valence-electron chi connectivity index (χ0n) is 15.7. The summed E-state index contributed by atoms with van der Waals surface area (Å²) in [6.45, 7) is 14.1. The molecular formula is C23H33N. The first-order valence-electron chi connectivity index (χ1n) is 8.61. The summed E-state index contributed by atoms with van der Waals surface area (Å²) in [6.07, 6.45) is 4.93. The van der Waals surface area contributed by atoms with Gasteiger partial charge < -0.3 is 5.32 Å². The number of nitrogens with one attached hydrogen (secondary N) is 1. The van der Waals surface area contributed by atoms with Crippen molar-refractivity contribution in [1.29, 1.82) is 0 Å². The summed E-state index contributed by atoms with van der Waals surface area (Å²) in [6, 6.07) is 20.7. The average molecular weight is 324 g/mol. The van der Waals surface area contributed by atoms with Crippen molar-refractivity contribution in [2.75, 3.05) is 7.05 Å². The first-order chi connectivity index (χ1) is 11.6. The van der Waals surface area contributed by atoms with Crippen LogP contribution in [-0.2, 0) is 0 Å². The minimum absolute atomic E-state index is 0.667. The van der Waals surface area contributed by atoms with E-state index in [1.165, 1.54) is 6.42 Å². The Morgan fingerprint density at radius 2 is 1.21 bits per heavy atom. The van der Waals surface area contributed by atoms with Crippen LogP contribution in [0.5, 0.6) is 0 Å². The molecule has 2 aromatic carbocycles. The molecule has 0 saturated carbocycles. The molecule has 0 spiro atoms. The second-order valence-electron chi connectivity index (χ2n) is 5.65. The van der Waals surface area contributed by atoms with Crippen LogP contribution < -0.4 is 5.32 Å². The molecule has 0 bridgehead atoms. The van der Waals surface area contributed by atoms with Crippen LogP contribution in [-0.4, -0.2) is 13.1 Å². The van der Waals surface area contributed by atoms with Crippen molar-refractivity contribution in [3.8, 4) is 0 Å². The van der Waals surface area contributed by atoms with Gasteiger partial charge in [-0.1, -0.05) is 106 Å². The van der Waals surface area contributed by atoms with Crippen LogP contribution in [0, 0.1) is 5.92 Å². The fourth-order valence-electron chi connectivity index (χ4n) is 1.91. The Morgan fingerprint density at radius 3 is 1.42 bits per heavy atom. The molecule has 1 N–H and O–H groups in total. The maximum absolute atomic E-state index is 3.69. The zero-order chi connectivity index (χ0) is 18.2. The molecule has 0 radical (unpaired) electrons. The Labute approximate surface area is 149 Å². The van der Waals surface area contributed by atoms with E-state index in [0.29, 0.717) is 6.04 Å². The minimum Gasteiger partial charge on any atom is -0.317 e. The van der Waals surface area contributed by atoms with Crippen molar-refractivity contribution in [3.63, 3.8) is 0 Å². The van der Waals surface area contributed by atoms with Gasteiger partial charge in [0.25, 0.3) is 0 Å². The predicted octanol–water partition coefficient (Wildman–Crippen LogP) is 6.30. The van der Waals surface area contributed by atoms with Gasteiger partial charge in [0.2, 0.25) is 0 Å². The van der Waals surface area contributed by atoms with Gasteiger partial charge in [-0.05, 0) is 31.0 Å². The first kappa shape index (κ1) is 21.9. The fraction of sp³-hybridized carbons (Fsp3) is 0.304. The third-order valence-electron chi connectivity index (χ3n) is 4.06. The van der Waals surface area contributed by atoms with Crippen molar-refractivity contribution in [1.82, 2.24) is 5.32 Å². The molecule has 0 aliphatic rings. The average Bonchev–Trinajstić information content (AvgIpc) is 2.68. The Bertz CT molecular complexity index is 483. The molecule has 2 rings (SSSR count). The highest BCUT2D eigenvalue weighted by atomic mass is 14.9. The van der Waals surface area contributed by atoms with E-state index in [1.807, 2.05) is 79.9 Å². The van der Waals surface area contributed by atoms with E-state index < -0.39 is 0 Å². The smallest absolute Gasteiger partial charge is 0.00612 e. The van der Waals surface area contributed by atoms with Crippen LogP contribution in [0.15, 0.2) is 73.8 Å². The Balaban J connectivity index is 0.000000342. The van der Waals surface area contributed by atoms with Gasteiger partial charge >= 0.3 is 0 Å². The topological polar surface area (TPSA) is 12.0 Å². The van der Waals surface area contributed by atoms with Crippen molar-refractivity contribution >= 4 is 12.2 Å². The molecule has 0 amide bonds. The zero-order valence-corrected chi connectivity index (χ0v) is 15.7. The van der Waals surface area contributed by atoms with Crippen LogP contribution in [0.4, 0.5) is 0 Å². The maximum Gasteiger partial charge on any atom is 0.00612 e. The largest absolute Gasteiger partial charge is 0.317 e. The van der Waals surface area contributed by atoms with Gasteiger partial charge in [0, 0.05) is 6.04 Å². The minimum atomic E-state index is 0.667. The molecule has 0 heterocycles. The van der Waals surface area contributed by atoms with Gasteiger partial charge in [-0.25, -0.2) is 0 Å². The molecule has 2 unspecified atom stereocenters. The van der Waals surface area contributed by atoms with Crippen molar-refractivity contribution in [2.24, 2.45) is 5.92 Å².